The third kappa shape index (κ3) is 4.46. The van der Waals surface area contributed by atoms with Gasteiger partial charge >= 0.3 is 0 Å². The van der Waals surface area contributed by atoms with Gasteiger partial charge in [0, 0.05) is 26.7 Å². The van der Waals surface area contributed by atoms with E-state index in [1.807, 2.05) is 19.0 Å². The molecule has 1 aromatic rings. The van der Waals surface area contributed by atoms with Crippen LogP contribution in [0.15, 0.2) is 0 Å². The number of unbranched alkanes of at least 4 members (excludes halogenated alkanes) is 1. The van der Waals surface area contributed by atoms with Crippen LogP contribution in [0.4, 0.5) is 5.13 Å². The van der Waals surface area contributed by atoms with Crippen molar-refractivity contribution in [3.05, 3.63) is 4.88 Å². The molecule has 0 fully saturated rings. The number of methoxy groups -OCH3 is 1. The maximum absolute atomic E-state index is 5.32. The first-order valence-electron chi connectivity index (χ1n) is 6.52. The van der Waals surface area contributed by atoms with Gasteiger partial charge in [-0.2, -0.15) is 4.98 Å². The summed E-state index contributed by atoms with van der Waals surface area (Å²) in [6.45, 7) is 5.29. The van der Waals surface area contributed by atoms with Crippen LogP contribution in [0.5, 0.6) is 5.88 Å². The molecule has 1 atom stereocenters. The Kier molecular flexibility index (Phi) is 6.43. The van der Waals surface area contributed by atoms with Gasteiger partial charge in [-0.15, -0.1) is 0 Å². The smallest absolute Gasteiger partial charge is 0.230 e. The Morgan fingerprint density at radius 2 is 2.17 bits per heavy atom. The summed E-state index contributed by atoms with van der Waals surface area (Å²) in [4.78, 5) is 7.63. The van der Waals surface area contributed by atoms with Crippen LogP contribution in [0.1, 0.15) is 38.0 Å². The molecule has 0 spiro atoms. The van der Waals surface area contributed by atoms with Crippen molar-refractivity contribution in [3.8, 4) is 5.88 Å². The van der Waals surface area contributed by atoms with Crippen LogP contribution >= 0.6 is 11.3 Å². The van der Waals surface area contributed by atoms with E-state index in [4.69, 9.17) is 4.74 Å². The van der Waals surface area contributed by atoms with Crippen LogP contribution in [0, 0.1) is 0 Å². The van der Waals surface area contributed by atoms with E-state index in [-0.39, 0.29) is 0 Å². The van der Waals surface area contributed by atoms with E-state index >= 15 is 0 Å². The average Bonchev–Trinajstić information content (AvgIpc) is 2.77. The largest absolute Gasteiger partial charge is 0.480 e. The second-order valence-electron chi connectivity index (χ2n) is 4.75. The second-order valence-corrected chi connectivity index (χ2v) is 5.81. The van der Waals surface area contributed by atoms with Crippen LogP contribution in [-0.2, 0) is 6.54 Å². The Labute approximate surface area is 114 Å². The molecule has 0 bridgehead atoms. The Hall–Kier alpha value is -0.810. The van der Waals surface area contributed by atoms with Crippen LogP contribution in [0.3, 0.4) is 0 Å². The van der Waals surface area contributed by atoms with E-state index in [0.29, 0.717) is 6.04 Å². The molecule has 1 N–H and O–H groups in total. The molecular formula is C13H25N3OS. The highest BCUT2D eigenvalue weighted by Crippen LogP contribution is 2.30. The summed E-state index contributed by atoms with van der Waals surface area (Å²) in [5, 5.41) is 4.52. The van der Waals surface area contributed by atoms with Gasteiger partial charge in [0.25, 0.3) is 0 Å². The number of nitrogens with zero attached hydrogens (tertiary/aromatic N) is 2. The van der Waals surface area contributed by atoms with Crippen molar-refractivity contribution >= 4 is 16.5 Å². The number of nitrogens with one attached hydrogen (secondary N) is 1. The Bertz CT molecular complexity index is 352. The molecule has 0 aromatic carbocycles. The molecular weight excluding hydrogens is 246 g/mol. The van der Waals surface area contributed by atoms with Gasteiger partial charge in [0.1, 0.15) is 0 Å². The highest BCUT2D eigenvalue weighted by atomic mass is 32.1. The molecule has 0 aliphatic rings. The maximum atomic E-state index is 5.32. The molecule has 0 aliphatic heterocycles. The van der Waals surface area contributed by atoms with Crippen molar-refractivity contribution in [1.82, 2.24) is 10.3 Å². The molecule has 5 heteroatoms. The minimum Gasteiger partial charge on any atom is -0.480 e. The standard InChI is InChI=1S/C13H25N3OS/c1-6-7-8-10(2)14-9-11-12(17-5)15-13(18-11)16(3)4/h10,14H,6-9H2,1-5H3. The van der Waals surface area contributed by atoms with Crippen LogP contribution in [-0.4, -0.2) is 32.2 Å². The van der Waals surface area contributed by atoms with Crippen LogP contribution in [0.25, 0.3) is 0 Å². The maximum Gasteiger partial charge on any atom is 0.230 e. The zero-order valence-electron chi connectivity index (χ0n) is 12.1. The Balaban J connectivity index is 2.55. The Morgan fingerprint density at radius 1 is 1.44 bits per heavy atom. The minimum atomic E-state index is 0.541. The first-order valence-corrected chi connectivity index (χ1v) is 7.34. The lowest BCUT2D eigenvalue weighted by atomic mass is 10.1. The second kappa shape index (κ2) is 7.59. The van der Waals surface area contributed by atoms with Gasteiger partial charge in [0.2, 0.25) is 5.88 Å². The molecule has 1 aromatic heterocycles. The van der Waals surface area contributed by atoms with E-state index < -0.39 is 0 Å². The summed E-state index contributed by atoms with van der Waals surface area (Å²) in [5.74, 6) is 0.749. The van der Waals surface area contributed by atoms with Gasteiger partial charge in [-0.1, -0.05) is 31.1 Å². The molecule has 0 aliphatic carbocycles. The number of anilines is 1. The quantitative estimate of drug-likeness (QED) is 0.789. The summed E-state index contributed by atoms with van der Waals surface area (Å²) < 4.78 is 5.32. The normalized spacial score (nSPS) is 12.5. The van der Waals surface area contributed by atoms with Gasteiger partial charge < -0.3 is 15.0 Å². The zero-order valence-corrected chi connectivity index (χ0v) is 12.9. The lowest BCUT2D eigenvalue weighted by Crippen LogP contribution is -2.25. The summed E-state index contributed by atoms with van der Waals surface area (Å²) in [7, 11) is 5.68. The number of hydrogen-bond acceptors (Lipinski definition) is 5. The molecule has 1 heterocycles. The number of rotatable bonds is 8. The fourth-order valence-electron chi connectivity index (χ4n) is 1.67. The zero-order chi connectivity index (χ0) is 13.5. The van der Waals surface area contributed by atoms with Gasteiger partial charge in [-0.25, -0.2) is 0 Å². The lowest BCUT2D eigenvalue weighted by molar-refractivity contribution is 0.392. The van der Waals surface area contributed by atoms with Crippen molar-refractivity contribution in [3.63, 3.8) is 0 Å². The predicted octanol–water partition coefficient (Wildman–Crippen LogP) is 2.89. The van der Waals surface area contributed by atoms with Crippen molar-refractivity contribution in [1.29, 1.82) is 0 Å². The fourth-order valence-corrected chi connectivity index (χ4v) is 2.57. The molecule has 1 rings (SSSR count). The summed E-state index contributed by atoms with van der Waals surface area (Å²) in [5.41, 5.74) is 0. The van der Waals surface area contributed by atoms with Crippen molar-refractivity contribution in [2.75, 3.05) is 26.1 Å². The molecule has 4 nitrogen and oxygen atoms in total. The summed E-state index contributed by atoms with van der Waals surface area (Å²) in [6, 6.07) is 0.541. The first kappa shape index (κ1) is 15.2. The molecule has 0 radical (unpaired) electrons. The molecule has 1 unspecified atom stereocenters. The molecule has 104 valence electrons. The molecule has 0 saturated heterocycles. The highest BCUT2D eigenvalue weighted by molar-refractivity contribution is 7.15. The van der Waals surface area contributed by atoms with Gasteiger partial charge in [-0.05, 0) is 13.3 Å². The predicted molar refractivity (Wildman–Crippen MR) is 78.8 cm³/mol. The topological polar surface area (TPSA) is 37.4 Å². The summed E-state index contributed by atoms with van der Waals surface area (Å²) >= 11 is 1.69. The van der Waals surface area contributed by atoms with Gasteiger partial charge in [0.05, 0.1) is 12.0 Å². The Morgan fingerprint density at radius 3 is 2.72 bits per heavy atom. The fraction of sp³-hybridized carbons (Fsp3) is 0.769. The average molecular weight is 271 g/mol. The minimum absolute atomic E-state index is 0.541. The van der Waals surface area contributed by atoms with E-state index in [1.165, 1.54) is 24.1 Å². The SMILES string of the molecule is CCCCC(C)NCc1sc(N(C)C)nc1OC. The van der Waals surface area contributed by atoms with Gasteiger partial charge in [-0.3, -0.25) is 0 Å². The number of hydrogen-bond donors (Lipinski definition) is 1. The van der Waals surface area contributed by atoms with E-state index in [1.54, 1.807) is 18.4 Å². The summed E-state index contributed by atoms with van der Waals surface area (Å²) in [6.07, 6.45) is 3.75. The third-order valence-electron chi connectivity index (χ3n) is 2.83. The van der Waals surface area contributed by atoms with E-state index in [9.17, 15) is 0 Å². The van der Waals surface area contributed by atoms with Gasteiger partial charge in [0.15, 0.2) is 5.13 Å². The van der Waals surface area contributed by atoms with Crippen molar-refractivity contribution in [2.45, 2.75) is 45.7 Å². The third-order valence-corrected chi connectivity index (χ3v) is 4.03. The molecule has 18 heavy (non-hydrogen) atoms. The van der Waals surface area contributed by atoms with Crippen molar-refractivity contribution < 1.29 is 4.74 Å². The van der Waals surface area contributed by atoms with Crippen LogP contribution < -0.4 is 15.0 Å². The lowest BCUT2D eigenvalue weighted by Gasteiger charge is -2.12. The number of aromatic nitrogens is 1. The number of thiazole rings is 1. The van der Waals surface area contributed by atoms with Crippen LogP contribution in [0.2, 0.25) is 0 Å². The molecule has 0 amide bonds. The number of ether oxygens (including phenoxy) is 1. The van der Waals surface area contributed by atoms with E-state index in [2.05, 4.69) is 24.1 Å². The highest BCUT2D eigenvalue weighted by Gasteiger charge is 2.13. The monoisotopic (exact) mass is 271 g/mol. The first-order chi connectivity index (χ1) is 8.58. The molecule has 0 saturated carbocycles. The van der Waals surface area contributed by atoms with E-state index in [0.717, 1.165) is 17.6 Å². The van der Waals surface area contributed by atoms with Crippen molar-refractivity contribution in [2.24, 2.45) is 0 Å².